The van der Waals surface area contributed by atoms with Gasteiger partial charge >= 0.3 is 0 Å². The number of hydrogen-bond acceptors (Lipinski definition) is 2. The Morgan fingerprint density at radius 1 is 1.33 bits per heavy atom. The van der Waals surface area contributed by atoms with E-state index >= 15 is 0 Å². The molecule has 0 saturated heterocycles. The van der Waals surface area contributed by atoms with Crippen LogP contribution in [0.3, 0.4) is 0 Å². The average Bonchev–Trinajstić information content (AvgIpc) is 2.82. The van der Waals surface area contributed by atoms with E-state index in [0.717, 1.165) is 24.0 Å². The van der Waals surface area contributed by atoms with E-state index in [1.165, 1.54) is 11.6 Å². The summed E-state index contributed by atoms with van der Waals surface area (Å²) in [6, 6.07) is 3.16. The van der Waals surface area contributed by atoms with E-state index in [9.17, 15) is 4.39 Å². The summed E-state index contributed by atoms with van der Waals surface area (Å²) in [7, 11) is 0. The van der Waals surface area contributed by atoms with Crippen molar-refractivity contribution in [2.45, 2.75) is 0 Å². The number of nitrogens with zero attached hydrogens (tertiary/aromatic N) is 1. The molecule has 2 aromatic heterocycles. The second kappa shape index (κ2) is 3.17. The van der Waals surface area contributed by atoms with E-state index in [4.69, 9.17) is 0 Å². The zero-order valence-electron chi connectivity index (χ0n) is 8.05. The number of H-pyrrole nitrogens is 1. The van der Waals surface area contributed by atoms with Gasteiger partial charge in [-0.05, 0) is 17.7 Å². The van der Waals surface area contributed by atoms with Crippen LogP contribution in [0, 0.1) is 5.95 Å². The fourth-order valence-corrected chi connectivity index (χ4v) is 1.93. The molecule has 2 aromatic rings. The lowest BCUT2D eigenvalue weighted by molar-refractivity contribution is 0.588. The first kappa shape index (κ1) is 8.61. The number of rotatable bonds is 1. The molecule has 3 heterocycles. The molecule has 0 spiro atoms. The lowest BCUT2D eigenvalue weighted by atomic mass is 10.1. The molecule has 0 amide bonds. The molecule has 0 radical (unpaired) electrons. The molecule has 76 valence electrons. The third-order valence-corrected chi connectivity index (χ3v) is 2.66. The molecular weight excluding hydrogens is 193 g/mol. The highest BCUT2D eigenvalue weighted by atomic mass is 19.1. The Bertz CT molecular complexity index is 542. The van der Waals surface area contributed by atoms with Gasteiger partial charge in [0.2, 0.25) is 5.95 Å². The number of aromatic amines is 1. The molecule has 1 aliphatic heterocycles. The predicted octanol–water partition coefficient (Wildman–Crippen LogP) is 1.69. The lowest BCUT2D eigenvalue weighted by Crippen LogP contribution is -2.07. The van der Waals surface area contributed by atoms with Crippen molar-refractivity contribution in [3.63, 3.8) is 0 Å². The molecule has 1 aliphatic rings. The van der Waals surface area contributed by atoms with Crippen LogP contribution in [-0.2, 0) is 0 Å². The third kappa shape index (κ3) is 1.34. The molecule has 3 rings (SSSR count). The van der Waals surface area contributed by atoms with Crippen LogP contribution in [0.25, 0.3) is 16.6 Å². The minimum atomic E-state index is -0.450. The summed E-state index contributed by atoms with van der Waals surface area (Å²) in [5, 5.41) is 4.21. The largest absolute Gasteiger partial charge is 0.345 e. The first-order valence-electron chi connectivity index (χ1n) is 4.88. The number of hydrogen-bond donors (Lipinski definition) is 2. The topological polar surface area (TPSA) is 40.7 Å². The van der Waals surface area contributed by atoms with Crippen LogP contribution in [0.2, 0.25) is 0 Å². The minimum Gasteiger partial charge on any atom is -0.345 e. The van der Waals surface area contributed by atoms with E-state index in [1.807, 2.05) is 6.20 Å². The van der Waals surface area contributed by atoms with Gasteiger partial charge in [-0.1, -0.05) is 6.08 Å². The van der Waals surface area contributed by atoms with Crippen LogP contribution in [0.1, 0.15) is 5.56 Å². The van der Waals surface area contributed by atoms with Gasteiger partial charge < -0.3 is 10.3 Å². The van der Waals surface area contributed by atoms with Gasteiger partial charge in [-0.2, -0.15) is 4.39 Å². The molecule has 0 aliphatic carbocycles. The fraction of sp³-hybridized carbons (Fsp3) is 0.182. The summed E-state index contributed by atoms with van der Waals surface area (Å²) in [6.45, 7) is 1.76. The quantitative estimate of drug-likeness (QED) is 0.692. The van der Waals surface area contributed by atoms with Crippen LogP contribution in [0.5, 0.6) is 0 Å². The van der Waals surface area contributed by atoms with Gasteiger partial charge in [0.1, 0.15) is 5.65 Å². The Kier molecular flexibility index (Phi) is 1.82. The maximum absolute atomic E-state index is 12.9. The Morgan fingerprint density at radius 3 is 3.07 bits per heavy atom. The summed E-state index contributed by atoms with van der Waals surface area (Å²) in [4.78, 5) is 6.78. The summed E-state index contributed by atoms with van der Waals surface area (Å²) < 4.78 is 12.9. The van der Waals surface area contributed by atoms with Crippen LogP contribution in [0.15, 0.2) is 24.4 Å². The van der Waals surface area contributed by atoms with E-state index in [0.29, 0.717) is 5.65 Å². The van der Waals surface area contributed by atoms with Gasteiger partial charge in [0, 0.05) is 30.2 Å². The maximum atomic E-state index is 12.9. The number of nitrogens with one attached hydrogen (secondary N) is 2. The van der Waals surface area contributed by atoms with E-state index < -0.39 is 5.95 Å². The summed E-state index contributed by atoms with van der Waals surface area (Å²) in [5.41, 5.74) is 2.97. The third-order valence-electron chi connectivity index (χ3n) is 2.66. The number of aromatic nitrogens is 2. The number of halogens is 1. The molecule has 0 aromatic carbocycles. The van der Waals surface area contributed by atoms with Crippen molar-refractivity contribution in [1.82, 2.24) is 15.3 Å². The van der Waals surface area contributed by atoms with E-state index in [-0.39, 0.29) is 0 Å². The zero-order valence-corrected chi connectivity index (χ0v) is 8.05. The molecule has 15 heavy (non-hydrogen) atoms. The van der Waals surface area contributed by atoms with Gasteiger partial charge in [0.25, 0.3) is 0 Å². The van der Waals surface area contributed by atoms with Gasteiger partial charge in [0.05, 0.1) is 0 Å². The maximum Gasteiger partial charge on any atom is 0.214 e. The molecule has 4 heteroatoms. The van der Waals surface area contributed by atoms with Gasteiger partial charge in [-0.3, -0.25) is 0 Å². The van der Waals surface area contributed by atoms with Crippen molar-refractivity contribution >= 4 is 16.6 Å². The first-order valence-corrected chi connectivity index (χ1v) is 4.88. The molecule has 3 nitrogen and oxygen atoms in total. The molecule has 0 atom stereocenters. The second-order valence-corrected chi connectivity index (χ2v) is 3.59. The minimum absolute atomic E-state index is 0.450. The molecule has 0 unspecified atom stereocenters. The lowest BCUT2D eigenvalue weighted by Gasteiger charge is -1.98. The van der Waals surface area contributed by atoms with Gasteiger partial charge in [-0.25, -0.2) is 4.98 Å². The number of fused-ring (bicyclic) bond motifs is 1. The Morgan fingerprint density at radius 2 is 2.27 bits per heavy atom. The molecule has 0 fully saturated rings. The van der Waals surface area contributed by atoms with E-state index in [2.05, 4.69) is 21.4 Å². The number of pyridine rings is 1. The van der Waals surface area contributed by atoms with Crippen molar-refractivity contribution in [3.05, 3.63) is 35.9 Å². The summed E-state index contributed by atoms with van der Waals surface area (Å²) >= 11 is 0. The molecule has 0 bridgehead atoms. The van der Waals surface area contributed by atoms with Gasteiger partial charge in [0.15, 0.2) is 0 Å². The Balaban J connectivity index is 2.19. The highest BCUT2D eigenvalue weighted by molar-refractivity contribution is 5.91. The van der Waals surface area contributed by atoms with Gasteiger partial charge in [-0.15, -0.1) is 0 Å². The standard InChI is InChI=1S/C11H10FN3/c12-10-2-1-8-9(6-14-11(8)15-10)7-3-4-13-5-7/h1-3,6,13H,4-5H2,(H,14,15). The average molecular weight is 203 g/mol. The second-order valence-electron chi connectivity index (χ2n) is 3.59. The van der Waals surface area contributed by atoms with Crippen LogP contribution >= 0.6 is 0 Å². The Labute approximate surface area is 86.0 Å². The summed E-state index contributed by atoms with van der Waals surface area (Å²) in [6.07, 6.45) is 4.03. The van der Waals surface area contributed by atoms with E-state index in [1.54, 1.807) is 6.07 Å². The zero-order chi connectivity index (χ0) is 10.3. The van der Waals surface area contributed by atoms with Crippen molar-refractivity contribution in [2.24, 2.45) is 0 Å². The van der Waals surface area contributed by atoms with Crippen LogP contribution in [-0.4, -0.2) is 23.1 Å². The first-order chi connectivity index (χ1) is 7.34. The van der Waals surface area contributed by atoms with Crippen molar-refractivity contribution < 1.29 is 4.39 Å². The van der Waals surface area contributed by atoms with Crippen LogP contribution < -0.4 is 5.32 Å². The normalized spacial score (nSPS) is 15.9. The molecular formula is C11H10FN3. The van der Waals surface area contributed by atoms with Crippen molar-refractivity contribution in [2.75, 3.05) is 13.1 Å². The van der Waals surface area contributed by atoms with Crippen LogP contribution in [0.4, 0.5) is 4.39 Å². The highest BCUT2D eigenvalue weighted by Gasteiger charge is 2.12. The highest BCUT2D eigenvalue weighted by Crippen LogP contribution is 2.24. The Hall–Kier alpha value is -1.68. The monoisotopic (exact) mass is 203 g/mol. The predicted molar refractivity (Wildman–Crippen MR) is 56.9 cm³/mol. The SMILES string of the molecule is Fc1ccc2c(C3=CCNC3)c[nH]c2n1. The molecule has 2 N–H and O–H groups in total. The summed E-state index contributed by atoms with van der Waals surface area (Å²) in [5.74, 6) is -0.450. The molecule has 0 saturated carbocycles. The smallest absolute Gasteiger partial charge is 0.214 e. The van der Waals surface area contributed by atoms with Crippen molar-refractivity contribution in [1.29, 1.82) is 0 Å². The fourth-order valence-electron chi connectivity index (χ4n) is 1.93. The van der Waals surface area contributed by atoms with Crippen molar-refractivity contribution in [3.8, 4) is 0 Å².